The number of hydrogen-bond donors (Lipinski definition) is 2. The molecular formula is C27H32N2O5S. The van der Waals surface area contributed by atoms with Crippen LogP contribution in [0.1, 0.15) is 43.2 Å². The van der Waals surface area contributed by atoms with Gasteiger partial charge < -0.3 is 20.1 Å². The lowest BCUT2D eigenvalue weighted by Crippen LogP contribution is -2.49. The number of benzene rings is 2. The molecule has 186 valence electrons. The van der Waals surface area contributed by atoms with Crippen LogP contribution < -0.4 is 5.32 Å². The number of nitrogens with one attached hydrogen (secondary N) is 1. The molecule has 2 aliphatic rings. The van der Waals surface area contributed by atoms with Gasteiger partial charge in [-0.25, -0.2) is 4.79 Å². The maximum atomic E-state index is 13.3. The highest BCUT2D eigenvalue weighted by molar-refractivity contribution is 7.98. The van der Waals surface area contributed by atoms with Gasteiger partial charge in [0.1, 0.15) is 12.6 Å². The van der Waals surface area contributed by atoms with E-state index in [0.717, 1.165) is 22.3 Å². The second kappa shape index (κ2) is 10.7. The predicted molar refractivity (Wildman–Crippen MR) is 137 cm³/mol. The second-order valence-electron chi connectivity index (χ2n) is 9.25. The Kier molecular flexibility index (Phi) is 7.69. The summed E-state index contributed by atoms with van der Waals surface area (Å²) in [5.41, 5.74) is 3.63. The summed E-state index contributed by atoms with van der Waals surface area (Å²) < 4.78 is 5.64. The number of carboxylic acid groups (broad SMARTS) is 1. The average molecular weight is 497 g/mol. The number of aliphatic carboxylic acids is 1. The van der Waals surface area contributed by atoms with Crippen molar-refractivity contribution in [1.82, 2.24) is 10.2 Å². The third-order valence-electron chi connectivity index (χ3n) is 7.34. The van der Waals surface area contributed by atoms with E-state index in [2.05, 4.69) is 29.6 Å². The van der Waals surface area contributed by atoms with Crippen molar-refractivity contribution >= 4 is 29.7 Å². The highest BCUT2D eigenvalue weighted by Gasteiger charge is 2.46. The van der Waals surface area contributed by atoms with Crippen LogP contribution in [-0.4, -0.2) is 65.7 Å². The minimum Gasteiger partial charge on any atom is -0.481 e. The van der Waals surface area contributed by atoms with Crippen LogP contribution in [0.25, 0.3) is 11.1 Å². The number of carboxylic acids is 1. The molecule has 0 spiro atoms. The number of nitrogens with zero attached hydrogens (tertiary/aromatic N) is 1. The molecule has 1 unspecified atom stereocenters. The van der Waals surface area contributed by atoms with Gasteiger partial charge in [0.2, 0.25) is 5.91 Å². The molecule has 1 aliphatic carbocycles. The van der Waals surface area contributed by atoms with Gasteiger partial charge in [0.05, 0.1) is 5.41 Å². The van der Waals surface area contributed by atoms with E-state index in [1.165, 1.54) is 0 Å². The number of alkyl carbamates (subject to hydrolysis) is 1. The number of fused-ring (bicyclic) bond motifs is 3. The Morgan fingerprint density at radius 3 is 2.31 bits per heavy atom. The molecule has 2 aromatic carbocycles. The number of amides is 2. The predicted octanol–water partition coefficient (Wildman–Crippen LogP) is 4.36. The van der Waals surface area contributed by atoms with E-state index in [0.29, 0.717) is 31.6 Å². The zero-order valence-corrected chi connectivity index (χ0v) is 21.0. The van der Waals surface area contributed by atoms with Gasteiger partial charge >= 0.3 is 12.1 Å². The van der Waals surface area contributed by atoms with Gasteiger partial charge in [-0.05, 0) is 53.5 Å². The molecule has 2 amide bonds. The third kappa shape index (κ3) is 5.03. The van der Waals surface area contributed by atoms with E-state index in [9.17, 15) is 19.5 Å². The lowest BCUT2D eigenvalue weighted by molar-refractivity contribution is -0.148. The molecule has 35 heavy (non-hydrogen) atoms. The molecule has 0 aromatic heterocycles. The Hall–Kier alpha value is -3.00. The Morgan fingerprint density at radius 1 is 1.14 bits per heavy atom. The Bertz CT molecular complexity index is 1060. The zero-order chi connectivity index (χ0) is 25.0. The topological polar surface area (TPSA) is 95.9 Å². The molecule has 0 saturated carbocycles. The van der Waals surface area contributed by atoms with Crippen LogP contribution in [0.3, 0.4) is 0 Å². The van der Waals surface area contributed by atoms with Crippen LogP contribution in [0.5, 0.6) is 0 Å². The highest BCUT2D eigenvalue weighted by atomic mass is 32.2. The minimum absolute atomic E-state index is 0.0622. The van der Waals surface area contributed by atoms with E-state index in [4.69, 9.17) is 4.74 Å². The largest absolute Gasteiger partial charge is 0.481 e. The van der Waals surface area contributed by atoms with Gasteiger partial charge in [-0.15, -0.1) is 0 Å². The van der Waals surface area contributed by atoms with Crippen molar-refractivity contribution in [2.75, 3.05) is 31.7 Å². The molecule has 1 aliphatic heterocycles. The standard InChI is InChI=1S/C27H32N2O5S/c1-3-27(25(31)32)13-14-29(17-27)24(30)23(12-15-35-2)28-26(33)34-16-22-20-10-6-4-8-18(20)19-9-5-7-11-21(19)22/h4-11,22-23H,3,12-17H2,1-2H3,(H,28,33)(H,31,32)/t23-,27?/m0/s1. The van der Waals surface area contributed by atoms with Crippen LogP contribution in [-0.2, 0) is 14.3 Å². The van der Waals surface area contributed by atoms with Gasteiger partial charge in [0.15, 0.2) is 0 Å². The van der Waals surface area contributed by atoms with Gasteiger partial charge in [0, 0.05) is 19.0 Å². The van der Waals surface area contributed by atoms with Crippen LogP contribution in [0.15, 0.2) is 48.5 Å². The summed E-state index contributed by atoms with van der Waals surface area (Å²) in [6.45, 7) is 2.55. The number of thioether (sulfide) groups is 1. The summed E-state index contributed by atoms with van der Waals surface area (Å²) in [7, 11) is 0. The van der Waals surface area contributed by atoms with Crippen molar-refractivity contribution < 1.29 is 24.2 Å². The monoisotopic (exact) mass is 496 g/mol. The summed E-state index contributed by atoms with van der Waals surface area (Å²) in [6.07, 6.45) is 2.64. The molecule has 8 heteroatoms. The van der Waals surface area contributed by atoms with Gasteiger partial charge in [-0.3, -0.25) is 9.59 Å². The Labute approximate surface area is 210 Å². The normalized spacial score (nSPS) is 19.7. The summed E-state index contributed by atoms with van der Waals surface area (Å²) in [5.74, 6) is -0.497. The first-order valence-corrected chi connectivity index (χ1v) is 13.4. The van der Waals surface area contributed by atoms with Crippen LogP contribution in [0, 0.1) is 5.41 Å². The smallest absolute Gasteiger partial charge is 0.407 e. The number of rotatable bonds is 9. The zero-order valence-electron chi connectivity index (χ0n) is 20.2. The average Bonchev–Trinajstić information content (AvgIpc) is 3.46. The summed E-state index contributed by atoms with van der Waals surface area (Å²) >= 11 is 1.59. The second-order valence-corrected chi connectivity index (χ2v) is 10.2. The lowest BCUT2D eigenvalue weighted by atomic mass is 9.84. The number of carbonyl (C=O) groups is 3. The Morgan fingerprint density at radius 2 is 1.77 bits per heavy atom. The van der Waals surface area contributed by atoms with E-state index in [-0.39, 0.29) is 25.0 Å². The van der Waals surface area contributed by atoms with Gasteiger partial charge in [-0.1, -0.05) is 55.5 Å². The summed E-state index contributed by atoms with van der Waals surface area (Å²) in [6, 6.07) is 15.5. The Balaban J connectivity index is 1.42. The van der Waals surface area contributed by atoms with E-state index < -0.39 is 23.5 Å². The molecule has 1 heterocycles. The van der Waals surface area contributed by atoms with E-state index in [1.807, 2.05) is 37.4 Å². The molecule has 1 saturated heterocycles. The number of ether oxygens (including phenoxy) is 1. The van der Waals surface area contributed by atoms with Crippen LogP contribution >= 0.6 is 11.8 Å². The first kappa shape index (κ1) is 25.1. The van der Waals surface area contributed by atoms with E-state index in [1.54, 1.807) is 16.7 Å². The fraction of sp³-hybridized carbons (Fsp3) is 0.444. The van der Waals surface area contributed by atoms with Gasteiger partial charge in [-0.2, -0.15) is 11.8 Å². The molecule has 2 atom stereocenters. The molecule has 2 N–H and O–H groups in total. The third-order valence-corrected chi connectivity index (χ3v) is 7.98. The van der Waals surface area contributed by atoms with Crippen molar-refractivity contribution in [2.24, 2.45) is 5.41 Å². The van der Waals surface area contributed by atoms with Crippen LogP contribution in [0.4, 0.5) is 4.79 Å². The molecule has 0 bridgehead atoms. The fourth-order valence-electron chi connectivity index (χ4n) is 5.17. The van der Waals surface area contributed by atoms with Crippen LogP contribution in [0.2, 0.25) is 0 Å². The van der Waals surface area contributed by atoms with Gasteiger partial charge in [0.25, 0.3) is 0 Å². The fourth-order valence-corrected chi connectivity index (χ4v) is 5.64. The van der Waals surface area contributed by atoms with Crippen molar-refractivity contribution in [3.63, 3.8) is 0 Å². The van der Waals surface area contributed by atoms with Crippen molar-refractivity contribution in [3.8, 4) is 11.1 Å². The number of likely N-dealkylation sites (tertiary alicyclic amines) is 1. The molecule has 2 aromatic rings. The molecule has 1 fully saturated rings. The van der Waals surface area contributed by atoms with E-state index >= 15 is 0 Å². The molecule has 0 radical (unpaired) electrons. The first-order valence-electron chi connectivity index (χ1n) is 12.0. The SMILES string of the molecule is CCC1(C(=O)O)CCN(C(=O)[C@H](CCSC)NC(=O)OCC2c3ccccc3-c3ccccc32)C1. The maximum absolute atomic E-state index is 13.3. The maximum Gasteiger partial charge on any atom is 0.407 e. The quantitative estimate of drug-likeness (QED) is 0.536. The minimum atomic E-state index is -0.913. The first-order chi connectivity index (χ1) is 16.9. The number of carbonyl (C=O) groups excluding carboxylic acids is 2. The van der Waals surface area contributed by atoms with Crippen molar-refractivity contribution in [3.05, 3.63) is 59.7 Å². The highest BCUT2D eigenvalue weighted by Crippen LogP contribution is 2.44. The summed E-state index contributed by atoms with van der Waals surface area (Å²) in [4.78, 5) is 39.4. The number of hydrogen-bond acceptors (Lipinski definition) is 5. The molecular weight excluding hydrogens is 464 g/mol. The molecule has 7 nitrogen and oxygen atoms in total. The molecule has 4 rings (SSSR count). The van der Waals surface area contributed by atoms with Crippen molar-refractivity contribution in [2.45, 2.75) is 38.1 Å². The summed E-state index contributed by atoms with van der Waals surface area (Å²) in [5, 5.41) is 12.4. The lowest BCUT2D eigenvalue weighted by Gasteiger charge is -2.26. The van der Waals surface area contributed by atoms with Crippen molar-refractivity contribution in [1.29, 1.82) is 0 Å².